The molecule has 176 valence electrons. The average molecular weight is 470 g/mol. The van der Waals surface area contributed by atoms with Gasteiger partial charge < -0.3 is 14.8 Å². The second-order valence-corrected chi connectivity index (χ2v) is 11.3. The number of benzene rings is 1. The molecule has 0 aromatic heterocycles. The molecule has 1 aliphatic heterocycles. The molecule has 0 saturated carbocycles. The molecule has 1 N–H and O–H groups in total. The van der Waals surface area contributed by atoms with Gasteiger partial charge in [-0.3, -0.25) is 9.59 Å². The number of halogens is 1. The van der Waals surface area contributed by atoms with E-state index in [1.807, 2.05) is 6.07 Å². The molecule has 0 fully saturated rings. The lowest BCUT2D eigenvalue weighted by Crippen LogP contribution is -2.42. The number of carbonyl (C=O) groups is 2. The van der Waals surface area contributed by atoms with E-state index in [1.165, 1.54) is 0 Å². The van der Waals surface area contributed by atoms with Crippen LogP contribution in [0.5, 0.6) is 11.5 Å². The molecule has 1 aromatic rings. The van der Waals surface area contributed by atoms with Crippen molar-refractivity contribution >= 4 is 23.2 Å². The van der Waals surface area contributed by atoms with Gasteiger partial charge in [-0.15, -0.1) is 0 Å². The van der Waals surface area contributed by atoms with Crippen molar-refractivity contribution in [2.75, 3.05) is 13.7 Å². The molecule has 6 heteroatoms. The molecule has 1 heterocycles. The quantitative estimate of drug-likeness (QED) is 0.545. The largest absolute Gasteiger partial charge is 0.493 e. The first-order chi connectivity index (χ1) is 15.5. The Morgan fingerprint density at radius 1 is 1.03 bits per heavy atom. The molecule has 0 saturated heterocycles. The summed E-state index contributed by atoms with van der Waals surface area (Å²) in [6, 6.07) is 3.64. The third kappa shape index (κ3) is 4.35. The second kappa shape index (κ2) is 8.35. The van der Waals surface area contributed by atoms with Gasteiger partial charge in [-0.25, -0.2) is 0 Å². The predicted octanol–water partition coefficient (Wildman–Crippen LogP) is 5.89. The summed E-state index contributed by atoms with van der Waals surface area (Å²) in [4.78, 5) is 26.9. The smallest absolute Gasteiger partial charge is 0.180 e. The summed E-state index contributed by atoms with van der Waals surface area (Å²) in [6.07, 6.45) is 4.02. The third-order valence-corrected chi connectivity index (χ3v) is 6.93. The Labute approximate surface area is 200 Å². The predicted molar refractivity (Wildman–Crippen MR) is 130 cm³/mol. The second-order valence-electron chi connectivity index (χ2n) is 10.9. The molecule has 0 bridgehead atoms. The molecule has 33 heavy (non-hydrogen) atoms. The fourth-order valence-electron chi connectivity index (χ4n) is 5.41. The van der Waals surface area contributed by atoms with Gasteiger partial charge in [0.2, 0.25) is 0 Å². The highest BCUT2D eigenvalue weighted by Gasteiger charge is 2.46. The van der Waals surface area contributed by atoms with Gasteiger partial charge in [0.1, 0.15) is 6.61 Å². The number of nitrogens with one attached hydrogen (secondary N) is 1. The maximum Gasteiger partial charge on any atom is 0.180 e. The topological polar surface area (TPSA) is 64.6 Å². The van der Waals surface area contributed by atoms with E-state index in [9.17, 15) is 9.59 Å². The van der Waals surface area contributed by atoms with E-state index in [0.717, 1.165) is 29.8 Å². The number of carbonyl (C=O) groups excluding carboxylic acids is 2. The Balaban J connectivity index is 1.92. The minimum atomic E-state index is -0.469. The molecule has 0 radical (unpaired) electrons. The van der Waals surface area contributed by atoms with E-state index in [4.69, 9.17) is 21.1 Å². The summed E-state index contributed by atoms with van der Waals surface area (Å²) in [5.74, 6) is 0.569. The highest BCUT2D eigenvalue weighted by molar-refractivity contribution is 6.32. The van der Waals surface area contributed by atoms with Gasteiger partial charge in [-0.2, -0.15) is 0 Å². The van der Waals surface area contributed by atoms with Gasteiger partial charge in [0, 0.05) is 41.3 Å². The summed E-state index contributed by atoms with van der Waals surface area (Å²) in [6.45, 7) is 12.4. The molecule has 4 rings (SSSR count). The SMILES string of the molecule is C=CCOc1c(Cl)cc(C2C3=C(CC(C)(C)CC3=O)NC3=C2C(=O)CC(C)(C)C3)cc1OC. The lowest BCUT2D eigenvalue weighted by molar-refractivity contribution is -0.119. The first kappa shape index (κ1) is 23.6. The summed E-state index contributed by atoms with van der Waals surface area (Å²) < 4.78 is 11.3. The van der Waals surface area contributed by atoms with Gasteiger partial charge in [0.15, 0.2) is 23.1 Å². The van der Waals surface area contributed by atoms with Crippen LogP contribution in [0.15, 0.2) is 47.3 Å². The molecular formula is C27H32ClNO4. The Kier molecular flexibility index (Phi) is 5.98. The third-order valence-electron chi connectivity index (χ3n) is 6.65. The van der Waals surface area contributed by atoms with E-state index < -0.39 is 5.92 Å². The van der Waals surface area contributed by atoms with Crippen LogP contribution in [0.25, 0.3) is 0 Å². The number of hydrogen-bond donors (Lipinski definition) is 1. The number of Topliss-reactive ketones (excluding diaryl/α,β-unsaturated/α-hetero) is 2. The summed E-state index contributed by atoms with van der Waals surface area (Å²) in [7, 11) is 1.55. The first-order valence-corrected chi connectivity index (χ1v) is 11.7. The first-order valence-electron chi connectivity index (χ1n) is 11.4. The highest BCUT2D eigenvalue weighted by atomic mass is 35.5. The monoisotopic (exact) mass is 469 g/mol. The molecule has 5 nitrogen and oxygen atoms in total. The van der Waals surface area contributed by atoms with Crippen molar-refractivity contribution in [3.05, 3.63) is 57.9 Å². The zero-order chi connectivity index (χ0) is 24.1. The zero-order valence-corrected chi connectivity index (χ0v) is 20.8. The van der Waals surface area contributed by atoms with Crippen molar-refractivity contribution in [3.63, 3.8) is 0 Å². The number of methoxy groups -OCH3 is 1. The van der Waals surface area contributed by atoms with Gasteiger partial charge in [0.05, 0.1) is 12.1 Å². The van der Waals surface area contributed by atoms with Crippen LogP contribution >= 0.6 is 11.6 Å². The molecule has 3 aliphatic rings. The van der Waals surface area contributed by atoms with Gasteiger partial charge in [-0.05, 0) is 41.4 Å². The van der Waals surface area contributed by atoms with Crippen LogP contribution in [0.1, 0.15) is 64.9 Å². The number of rotatable bonds is 5. The summed E-state index contributed by atoms with van der Waals surface area (Å²) >= 11 is 6.63. The van der Waals surface area contributed by atoms with Gasteiger partial charge in [0.25, 0.3) is 0 Å². The summed E-state index contributed by atoms with van der Waals surface area (Å²) in [5.41, 5.74) is 3.69. The van der Waals surface area contributed by atoms with E-state index in [-0.39, 0.29) is 29.0 Å². The van der Waals surface area contributed by atoms with Crippen molar-refractivity contribution in [1.29, 1.82) is 0 Å². The van der Waals surface area contributed by atoms with E-state index in [2.05, 4.69) is 39.6 Å². The Hall–Kier alpha value is -2.53. The minimum absolute atomic E-state index is 0.0741. The number of ketones is 2. The van der Waals surface area contributed by atoms with Crippen molar-refractivity contribution < 1.29 is 19.1 Å². The van der Waals surface area contributed by atoms with E-state index >= 15 is 0 Å². The molecule has 0 unspecified atom stereocenters. The molecule has 0 amide bonds. The maximum absolute atomic E-state index is 13.5. The highest BCUT2D eigenvalue weighted by Crippen LogP contribution is 2.52. The van der Waals surface area contributed by atoms with Crippen LogP contribution in [0.2, 0.25) is 5.02 Å². The fraction of sp³-hybridized carbons (Fsp3) is 0.481. The average Bonchev–Trinajstić information content (AvgIpc) is 2.68. The minimum Gasteiger partial charge on any atom is -0.493 e. The van der Waals surface area contributed by atoms with Crippen LogP contribution in [-0.4, -0.2) is 25.3 Å². The van der Waals surface area contributed by atoms with Crippen molar-refractivity contribution in [3.8, 4) is 11.5 Å². The Morgan fingerprint density at radius 3 is 2.06 bits per heavy atom. The number of dihydropyridines is 1. The summed E-state index contributed by atoms with van der Waals surface area (Å²) in [5, 5.41) is 3.91. The van der Waals surface area contributed by atoms with Crippen LogP contribution in [0.3, 0.4) is 0 Å². The van der Waals surface area contributed by atoms with E-state index in [0.29, 0.717) is 40.5 Å². The Bertz CT molecular complexity index is 1060. The van der Waals surface area contributed by atoms with Crippen LogP contribution < -0.4 is 14.8 Å². The van der Waals surface area contributed by atoms with Crippen molar-refractivity contribution in [2.45, 2.75) is 59.3 Å². The standard InChI is InChI=1S/C27H32ClNO4/c1-7-8-33-25-16(28)9-15(10-21(25)32-6)22-23-17(11-26(2,3)13-19(23)30)29-18-12-27(4,5)14-20(31)24(18)22/h7,9-10,22,29H,1,8,11-14H2,2-6H3. The zero-order valence-electron chi connectivity index (χ0n) is 20.1. The molecule has 0 spiro atoms. The Morgan fingerprint density at radius 2 is 1.58 bits per heavy atom. The number of ether oxygens (including phenoxy) is 2. The lowest BCUT2D eigenvalue weighted by atomic mass is 9.64. The molecule has 0 atom stereocenters. The van der Waals surface area contributed by atoms with Crippen molar-refractivity contribution in [2.24, 2.45) is 10.8 Å². The normalized spacial score (nSPS) is 21.9. The van der Waals surface area contributed by atoms with Crippen LogP contribution in [0, 0.1) is 10.8 Å². The van der Waals surface area contributed by atoms with Crippen LogP contribution in [0.4, 0.5) is 0 Å². The van der Waals surface area contributed by atoms with Gasteiger partial charge in [-0.1, -0.05) is 52.0 Å². The number of allylic oxidation sites excluding steroid dienone is 4. The maximum atomic E-state index is 13.5. The van der Waals surface area contributed by atoms with Gasteiger partial charge >= 0.3 is 0 Å². The molecular weight excluding hydrogens is 438 g/mol. The van der Waals surface area contributed by atoms with Crippen molar-refractivity contribution in [1.82, 2.24) is 5.32 Å². The molecule has 2 aliphatic carbocycles. The lowest BCUT2D eigenvalue weighted by Gasteiger charge is -2.44. The number of hydrogen-bond acceptors (Lipinski definition) is 5. The fourth-order valence-corrected chi connectivity index (χ4v) is 5.68. The van der Waals surface area contributed by atoms with E-state index in [1.54, 1.807) is 19.3 Å². The van der Waals surface area contributed by atoms with Crippen LogP contribution in [-0.2, 0) is 9.59 Å². The molecule has 1 aromatic carbocycles.